The minimum Gasteiger partial charge on any atom is -0.438 e. The maximum absolute atomic E-state index is 6.23. The highest BCUT2D eigenvalue weighted by Gasteiger charge is 2.63. The zero-order chi connectivity index (χ0) is 66.5. The average molecular weight is 1450 g/mol. The Balaban J connectivity index is 0.000000199. The number of aryl methyl sites for hydroxylation is 4. The maximum atomic E-state index is 6.23. The first-order valence-electron chi connectivity index (χ1n) is 29.9. The van der Waals surface area contributed by atoms with Crippen molar-refractivity contribution in [3.8, 4) is 11.5 Å². The Labute approximate surface area is 549 Å². The molecule has 1 unspecified atom stereocenters. The van der Waals surface area contributed by atoms with E-state index in [9.17, 15) is 0 Å². The minimum atomic E-state index is -1.17. The van der Waals surface area contributed by atoms with Crippen molar-refractivity contribution in [2.75, 3.05) is 162 Å². The summed E-state index contributed by atoms with van der Waals surface area (Å²) in [5.41, 5.74) is 10.5. The molecule has 0 radical (unpaired) electrons. The Morgan fingerprint density at radius 3 is 1.06 bits per heavy atom. The highest BCUT2D eigenvalue weighted by Crippen LogP contribution is 2.66. The standard InChI is InChI=1S/C20H25O2P.C11H18O5P2.C7H14O6P2.2C6H13O3P.2C4H11O2P/c1-11-8-13(3)19-17(15(11)5)10-18-16(6)12(2)9-14(4)20(18)22-23(7)21-19;1-17-12-5-10(6-13-17)3-2-4-11-7-14-18(15-8-11)16-9(10)11;1-8-14-10-3-7(4-11-14)5-12-15(9-2)13-6-7;2*1-6(2)4-8-10(7-3)9-5-6;2*1-4-7(5-2)6-3/h8-9H,10H2,1-7H3;9H,2-8H2,1H3;3-6H2,1-2H3;2*4-5H2,1-3H3;2*4H2,1-3H3. The number of fused-ring (bicyclic) bond motifs is 4. The lowest BCUT2D eigenvalue weighted by Gasteiger charge is -2.60. The third-order valence-electron chi connectivity index (χ3n) is 15.7. The number of hydrogen-bond donors (Lipinski definition) is 0. The van der Waals surface area contributed by atoms with Gasteiger partial charge in [-0.2, -0.15) is 0 Å². The predicted octanol–water partition coefficient (Wildman–Crippen LogP) is 17.5. The molecule has 32 heteroatoms. The number of hydrogen-bond acceptors (Lipinski definition) is 23. The summed E-state index contributed by atoms with van der Waals surface area (Å²) in [5.74, 6) is 2.04. The molecule has 90 heavy (non-hydrogen) atoms. The van der Waals surface area contributed by atoms with Gasteiger partial charge in [0.2, 0.25) is 0 Å². The highest BCUT2D eigenvalue weighted by atomic mass is 31.2. The second-order valence-corrected chi connectivity index (χ2v) is 37.4. The Morgan fingerprint density at radius 2 is 0.756 bits per heavy atom. The Hall–Kier alpha value is 1.07. The average Bonchev–Trinajstić information content (AvgIpc) is 0.898. The third-order valence-corrected chi connectivity index (χ3v) is 25.2. The van der Waals surface area contributed by atoms with Crippen molar-refractivity contribution in [2.24, 2.45) is 27.1 Å². The molecule has 2 aromatic carbocycles. The van der Waals surface area contributed by atoms with Gasteiger partial charge in [0, 0.05) is 122 Å². The molecule has 9 heterocycles. The van der Waals surface area contributed by atoms with E-state index < -0.39 is 76.5 Å². The highest BCUT2D eigenvalue weighted by molar-refractivity contribution is 7.48. The van der Waals surface area contributed by atoms with Crippen molar-refractivity contribution in [1.29, 1.82) is 0 Å². The van der Waals surface area contributed by atoms with Crippen LogP contribution in [0.4, 0.5) is 0 Å². The van der Waals surface area contributed by atoms with Crippen LogP contribution in [0.2, 0.25) is 0 Å². The quantitative estimate of drug-likeness (QED) is 0.202. The first kappa shape index (κ1) is 81.7. The Kier molecular flexibility index (Phi) is 36.1. The smallest absolute Gasteiger partial charge is 0.333 e. The van der Waals surface area contributed by atoms with E-state index in [1.165, 1.54) is 50.9 Å². The molecule has 0 amide bonds. The maximum Gasteiger partial charge on any atom is 0.333 e. The largest absolute Gasteiger partial charge is 0.438 e. The van der Waals surface area contributed by atoms with Crippen molar-refractivity contribution < 1.29 is 104 Å². The summed E-state index contributed by atoms with van der Waals surface area (Å²) >= 11 is 0. The van der Waals surface area contributed by atoms with E-state index in [2.05, 4.69) is 81.4 Å². The van der Waals surface area contributed by atoms with Gasteiger partial charge in [-0.1, -0.05) is 60.1 Å². The van der Waals surface area contributed by atoms with Crippen LogP contribution in [0.3, 0.4) is 0 Å². The monoisotopic (exact) mass is 1450 g/mol. The molecule has 1 atom stereocenters. The summed E-state index contributed by atoms with van der Waals surface area (Å²) in [5, 5.41) is 0. The van der Waals surface area contributed by atoms with Crippen LogP contribution in [0, 0.1) is 68.6 Å². The van der Waals surface area contributed by atoms with Crippen LogP contribution >= 0.6 is 76.5 Å². The van der Waals surface area contributed by atoms with E-state index >= 15 is 0 Å². The van der Waals surface area contributed by atoms with Crippen LogP contribution in [0.1, 0.15) is 105 Å². The lowest BCUT2D eigenvalue weighted by atomic mass is 9.60. The van der Waals surface area contributed by atoms with Gasteiger partial charge in [-0.3, -0.25) is 0 Å². The topological polar surface area (TPSA) is 212 Å². The number of rotatable bonds is 10. The van der Waals surface area contributed by atoms with Crippen LogP contribution in [0.25, 0.3) is 0 Å². The van der Waals surface area contributed by atoms with E-state index in [4.69, 9.17) is 104 Å². The van der Waals surface area contributed by atoms with Crippen molar-refractivity contribution in [3.05, 3.63) is 56.6 Å². The third kappa shape index (κ3) is 24.2. The van der Waals surface area contributed by atoms with Crippen LogP contribution in [0.15, 0.2) is 12.1 Å². The molecule has 9 aliphatic heterocycles. The molecule has 10 aliphatic rings. The molecule has 23 nitrogen and oxygen atoms in total. The first-order valence-corrected chi connectivity index (χ1v) is 41.4. The summed E-state index contributed by atoms with van der Waals surface area (Å²) in [6.45, 7) is 37.8. The van der Waals surface area contributed by atoms with Crippen molar-refractivity contribution in [1.82, 2.24) is 0 Å². The molecule has 2 bridgehead atoms. The summed E-state index contributed by atoms with van der Waals surface area (Å²) in [6, 6.07) is 4.43. The fourth-order valence-corrected chi connectivity index (χ4v) is 19.6. The van der Waals surface area contributed by atoms with E-state index in [0.717, 1.165) is 95.9 Å². The molecule has 12 rings (SSSR count). The van der Waals surface area contributed by atoms with Crippen LogP contribution in [-0.2, 0) is 101 Å². The van der Waals surface area contributed by atoms with E-state index in [1.807, 2.05) is 27.2 Å². The summed E-state index contributed by atoms with van der Waals surface area (Å²) in [6.07, 6.45) is 6.45. The molecule has 0 N–H and O–H groups in total. The molecule has 3 spiro atoms. The molecular weight excluding hydrogens is 1340 g/mol. The van der Waals surface area contributed by atoms with Gasteiger partial charge in [-0.05, 0) is 87.8 Å². The fraction of sp³-hybridized carbons (Fsp3) is 0.793. The predicted molar refractivity (Wildman–Crippen MR) is 362 cm³/mol. The molecule has 0 aromatic heterocycles. The Morgan fingerprint density at radius 1 is 0.433 bits per heavy atom. The molecule has 1 aliphatic carbocycles. The minimum absolute atomic E-state index is 0.0290. The van der Waals surface area contributed by atoms with Crippen molar-refractivity contribution in [2.45, 2.75) is 115 Å². The normalized spacial score (nSPS) is 29.3. The van der Waals surface area contributed by atoms with Crippen LogP contribution in [0.5, 0.6) is 11.5 Å². The van der Waals surface area contributed by atoms with Crippen LogP contribution in [-0.4, -0.2) is 168 Å². The summed E-state index contributed by atoms with van der Waals surface area (Å²) in [4.78, 5) is 0. The summed E-state index contributed by atoms with van der Waals surface area (Å²) in [7, 11) is 4.70. The van der Waals surface area contributed by atoms with Crippen LogP contribution < -0.4 is 9.05 Å². The van der Waals surface area contributed by atoms with Crippen molar-refractivity contribution >= 4 is 76.5 Å². The molecular formula is C58H105O23P9. The van der Waals surface area contributed by atoms with Gasteiger partial charge in [-0.15, -0.1) is 0 Å². The second-order valence-electron chi connectivity index (χ2n) is 24.2. The zero-order valence-corrected chi connectivity index (χ0v) is 65.4. The fourth-order valence-electron chi connectivity index (χ4n) is 10.3. The van der Waals surface area contributed by atoms with Gasteiger partial charge in [-0.25, -0.2) is 0 Å². The lowest BCUT2D eigenvalue weighted by Crippen LogP contribution is -2.63. The summed E-state index contributed by atoms with van der Waals surface area (Å²) < 4.78 is 123. The van der Waals surface area contributed by atoms with E-state index in [1.54, 1.807) is 56.9 Å². The van der Waals surface area contributed by atoms with Gasteiger partial charge in [0.15, 0.2) is 25.1 Å². The van der Waals surface area contributed by atoms with Crippen molar-refractivity contribution in [3.63, 3.8) is 0 Å². The van der Waals surface area contributed by atoms with Gasteiger partial charge >= 0.3 is 43.0 Å². The van der Waals surface area contributed by atoms with E-state index in [0.29, 0.717) is 26.4 Å². The van der Waals surface area contributed by atoms with Gasteiger partial charge in [0.25, 0.3) is 8.38 Å². The lowest BCUT2D eigenvalue weighted by molar-refractivity contribution is -0.210. The van der Waals surface area contributed by atoms with Gasteiger partial charge < -0.3 is 104 Å². The molecule has 520 valence electrons. The van der Waals surface area contributed by atoms with Gasteiger partial charge in [0.1, 0.15) is 11.5 Å². The molecule has 1 saturated carbocycles. The SMILES string of the molecule is CCP(OC)OC.CCP(OC)OC.COP1OCC(C)(C)CO1.COP1OCC(C)(C)CO1.COP1OCC2(CO1)COP(OC)OC2.CP1OCC2(CCCC34COP(OC3)OC24)CO1.Cc1cc(C)c2c(c1C)Cc1c(C)c(C)cc(C)c1OP(C)O2. The molecule has 8 saturated heterocycles. The molecule has 2 aromatic rings. The second kappa shape index (κ2) is 39.8. The zero-order valence-electron chi connectivity index (χ0n) is 57.4. The first-order chi connectivity index (χ1) is 42.8. The van der Waals surface area contributed by atoms with E-state index in [-0.39, 0.29) is 33.2 Å². The van der Waals surface area contributed by atoms with Gasteiger partial charge in [0.05, 0.1) is 90.8 Å². The molecule has 9 fully saturated rings. The number of benzene rings is 2. The Bertz CT molecular complexity index is 2230.